The van der Waals surface area contributed by atoms with Gasteiger partial charge in [-0.2, -0.15) is 4.98 Å². The molecule has 120 valence electrons. The molecule has 0 aliphatic rings. The Balaban J connectivity index is 2.10. The predicted octanol–water partition coefficient (Wildman–Crippen LogP) is -2.19. The van der Waals surface area contributed by atoms with Crippen molar-refractivity contribution < 1.29 is 19.7 Å². The Labute approximate surface area is 124 Å². The average Bonchev–Trinajstić information content (AvgIpc) is 2.86. The summed E-state index contributed by atoms with van der Waals surface area (Å²) in [6.07, 6.45) is 0.759. The van der Waals surface area contributed by atoms with Gasteiger partial charge in [-0.1, -0.05) is 6.92 Å². The highest BCUT2D eigenvalue weighted by Crippen LogP contribution is 2.11. The van der Waals surface area contributed by atoms with Gasteiger partial charge in [-0.3, -0.25) is 14.3 Å². The van der Waals surface area contributed by atoms with Crippen LogP contribution in [-0.4, -0.2) is 43.3 Å². The van der Waals surface area contributed by atoms with Gasteiger partial charge in [0.2, 0.25) is 5.95 Å². The molecule has 0 saturated carbocycles. The highest BCUT2D eigenvalue weighted by Gasteiger charge is 2.15. The predicted molar refractivity (Wildman–Crippen MR) is 73.3 cm³/mol. The lowest BCUT2D eigenvalue weighted by molar-refractivity contribution is -0.311. The lowest BCUT2D eigenvalue weighted by Gasteiger charge is -2.20. The fourth-order valence-electron chi connectivity index (χ4n) is 1.94. The molecule has 0 aliphatic carbocycles. The molecule has 4 N–H and O–H groups in total. The minimum Gasteiger partial charge on any atom is -0.550 e. The number of anilines is 1. The van der Waals surface area contributed by atoms with Crippen molar-refractivity contribution in [2.45, 2.75) is 26.2 Å². The normalized spacial score (nSPS) is 14.1. The number of nitrogen functional groups attached to an aromatic ring is 1. The van der Waals surface area contributed by atoms with E-state index in [1.165, 1.54) is 17.8 Å². The van der Waals surface area contributed by atoms with Crippen molar-refractivity contribution in [3.8, 4) is 0 Å². The quantitative estimate of drug-likeness (QED) is 0.520. The van der Waals surface area contributed by atoms with Gasteiger partial charge in [-0.05, 0) is 12.3 Å². The molecule has 10 nitrogen and oxygen atoms in total. The van der Waals surface area contributed by atoms with Crippen molar-refractivity contribution in [1.29, 1.82) is 0 Å². The number of rotatable bonds is 7. The highest BCUT2D eigenvalue weighted by molar-refractivity contribution is 5.70. The molecule has 2 aromatic rings. The number of aliphatic hydroxyl groups is 1. The van der Waals surface area contributed by atoms with E-state index < -0.39 is 23.6 Å². The summed E-state index contributed by atoms with van der Waals surface area (Å²) in [7, 11) is 0. The van der Waals surface area contributed by atoms with Crippen molar-refractivity contribution in [3.63, 3.8) is 0 Å². The van der Waals surface area contributed by atoms with Crippen LogP contribution in [0.4, 0.5) is 5.95 Å². The molecule has 0 fully saturated rings. The second-order valence-corrected chi connectivity index (χ2v) is 4.89. The van der Waals surface area contributed by atoms with Crippen LogP contribution in [0.2, 0.25) is 0 Å². The number of carbonyl (C=O) groups excluding carboxylic acids is 1. The van der Waals surface area contributed by atoms with Crippen LogP contribution in [0.25, 0.3) is 11.2 Å². The van der Waals surface area contributed by atoms with Crippen LogP contribution < -0.4 is 16.4 Å². The van der Waals surface area contributed by atoms with Crippen LogP contribution in [0.1, 0.15) is 13.3 Å². The minimum atomic E-state index is -1.21. The Morgan fingerprint density at radius 3 is 3.00 bits per heavy atom. The van der Waals surface area contributed by atoms with E-state index in [2.05, 4.69) is 15.0 Å². The molecular weight excluding hydrogens is 294 g/mol. The van der Waals surface area contributed by atoms with E-state index in [1.54, 1.807) is 0 Å². The number of aromatic nitrogens is 4. The molecule has 2 atom stereocenters. The molecule has 0 aliphatic heterocycles. The molecule has 2 heterocycles. The summed E-state index contributed by atoms with van der Waals surface area (Å²) >= 11 is 0. The van der Waals surface area contributed by atoms with Gasteiger partial charge < -0.3 is 25.5 Å². The number of nitrogens with two attached hydrogens (primary N) is 1. The van der Waals surface area contributed by atoms with Gasteiger partial charge in [0.05, 0.1) is 19.0 Å². The number of aliphatic hydroxyl groups excluding tert-OH is 1. The molecule has 0 radical (unpaired) electrons. The third-order valence-electron chi connectivity index (χ3n) is 3.16. The molecular formula is C12H16N5O5-. The SMILES string of the molecule is CC(CC(CO)OCn1cnc2c(=O)[nH]c(N)nc21)C(=O)[O-]. The van der Waals surface area contributed by atoms with E-state index in [-0.39, 0.29) is 36.9 Å². The molecule has 0 spiro atoms. The van der Waals surface area contributed by atoms with E-state index in [9.17, 15) is 19.8 Å². The number of hydrogen-bond acceptors (Lipinski definition) is 8. The fourth-order valence-corrected chi connectivity index (χ4v) is 1.94. The monoisotopic (exact) mass is 310 g/mol. The zero-order valence-electron chi connectivity index (χ0n) is 11.9. The van der Waals surface area contributed by atoms with Crippen LogP contribution in [0.15, 0.2) is 11.1 Å². The number of nitrogens with one attached hydrogen (secondary N) is 1. The summed E-state index contributed by atoms with van der Waals surface area (Å²) in [6, 6.07) is 0. The van der Waals surface area contributed by atoms with Crippen LogP contribution in [0.5, 0.6) is 0 Å². The smallest absolute Gasteiger partial charge is 0.280 e. The molecule has 2 unspecified atom stereocenters. The Kier molecular flexibility index (Phi) is 4.73. The third-order valence-corrected chi connectivity index (χ3v) is 3.16. The molecule has 2 aromatic heterocycles. The first-order chi connectivity index (χ1) is 10.4. The van der Waals surface area contributed by atoms with Crippen molar-refractivity contribution >= 4 is 23.1 Å². The maximum absolute atomic E-state index is 11.6. The van der Waals surface area contributed by atoms with Gasteiger partial charge in [0.15, 0.2) is 11.2 Å². The number of aromatic amines is 1. The van der Waals surface area contributed by atoms with Gasteiger partial charge >= 0.3 is 0 Å². The van der Waals surface area contributed by atoms with E-state index in [0.29, 0.717) is 0 Å². The standard InChI is InChI=1S/C12H17N5O5/c1-6(11(20)21)2-7(3-18)22-5-17-4-14-8-9(17)15-12(13)16-10(8)19/h4,6-7,18H,2-3,5H2,1H3,(H,20,21)(H3,13,15,16,19)/p-1. The Morgan fingerprint density at radius 1 is 1.64 bits per heavy atom. The van der Waals surface area contributed by atoms with Crippen LogP contribution in [0.3, 0.4) is 0 Å². The van der Waals surface area contributed by atoms with Crippen LogP contribution >= 0.6 is 0 Å². The van der Waals surface area contributed by atoms with Gasteiger partial charge in [-0.15, -0.1) is 0 Å². The molecule has 0 amide bonds. The van der Waals surface area contributed by atoms with E-state index in [4.69, 9.17) is 10.5 Å². The summed E-state index contributed by atoms with van der Waals surface area (Å²) in [4.78, 5) is 32.5. The first-order valence-corrected chi connectivity index (χ1v) is 6.56. The summed E-state index contributed by atoms with van der Waals surface area (Å²) in [5.41, 5.74) is 5.36. The number of nitrogens with zero attached hydrogens (tertiary/aromatic N) is 3. The number of H-pyrrole nitrogens is 1. The maximum atomic E-state index is 11.6. The van der Waals surface area contributed by atoms with Gasteiger partial charge in [0.25, 0.3) is 5.56 Å². The maximum Gasteiger partial charge on any atom is 0.280 e. The number of ether oxygens (including phenoxy) is 1. The Hall–Kier alpha value is -2.46. The van der Waals surface area contributed by atoms with Gasteiger partial charge in [-0.25, -0.2) is 4.98 Å². The largest absolute Gasteiger partial charge is 0.550 e. The molecule has 0 saturated heterocycles. The second-order valence-electron chi connectivity index (χ2n) is 4.89. The second kappa shape index (κ2) is 6.54. The van der Waals surface area contributed by atoms with Crippen molar-refractivity contribution in [2.24, 2.45) is 5.92 Å². The number of fused-ring (bicyclic) bond motifs is 1. The first-order valence-electron chi connectivity index (χ1n) is 6.56. The Morgan fingerprint density at radius 2 is 2.36 bits per heavy atom. The molecule has 0 bridgehead atoms. The zero-order valence-corrected chi connectivity index (χ0v) is 11.9. The number of carboxylic acid groups (broad SMARTS) is 1. The summed E-state index contributed by atoms with van der Waals surface area (Å²) in [5, 5.41) is 19.9. The van der Waals surface area contributed by atoms with E-state index in [1.807, 2.05) is 0 Å². The minimum absolute atomic E-state index is 0.0523. The van der Waals surface area contributed by atoms with Crippen molar-refractivity contribution in [3.05, 3.63) is 16.7 Å². The number of carboxylic acids is 1. The number of carbonyl (C=O) groups is 1. The number of imidazole rings is 1. The highest BCUT2D eigenvalue weighted by atomic mass is 16.5. The molecule has 10 heteroatoms. The summed E-state index contributed by atoms with van der Waals surface area (Å²) in [5.74, 6) is -2.02. The zero-order chi connectivity index (χ0) is 16.3. The van der Waals surface area contributed by atoms with E-state index >= 15 is 0 Å². The van der Waals surface area contributed by atoms with Crippen molar-refractivity contribution in [2.75, 3.05) is 12.3 Å². The summed E-state index contributed by atoms with van der Waals surface area (Å²) < 4.78 is 6.87. The molecule has 0 aromatic carbocycles. The third kappa shape index (κ3) is 3.40. The lowest BCUT2D eigenvalue weighted by atomic mass is 10.0. The van der Waals surface area contributed by atoms with Crippen molar-refractivity contribution in [1.82, 2.24) is 19.5 Å². The van der Waals surface area contributed by atoms with Crippen LogP contribution in [-0.2, 0) is 16.3 Å². The fraction of sp³-hybridized carbons (Fsp3) is 0.500. The molecule has 2 rings (SSSR count). The Bertz CT molecular complexity index is 724. The van der Waals surface area contributed by atoms with Gasteiger partial charge in [0, 0.05) is 5.97 Å². The topological polar surface area (TPSA) is 159 Å². The van der Waals surface area contributed by atoms with Gasteiger partial charge in [0.1, 0.15) is 6.73 Å². The van der Waals surface area contributed by atoms with Crippen LogP contribution in [0, 0.1) is 5.92 Å². The summed E-state index contributed by atoms with van der Waals surface area (Å²) in [6.45, 7) is 1.06. The number of hydrogen-bond donors (Lipinski definition) is 3. The van der Waals surface area contributed by atoms with E-state index in [0.717, 1.165) is 0 Å². The average molecular weight is 310 g/mol. The molecule has 22 heavy (non-hydrogen) atoms. The number of aliphatic carboxylic acids is 1. The lowest BCUT2D eigenvalue weighted by Crippen LogP contribution is -2.33. The first kappa shape index (κ1) is 15.9.